The van der Waals surface area contributed by atoms with Gasteiger partial charge >= 0.3 is 0 Å². The number of anilines is 2. The van der Waals surface area contributed by atoms with Gasteiger partial charge in [0.15, 0.2) is 0 Å². The van der Waals surface area contributed by atoms with Crippen molar-refractivity contribution in [2.75, 3.05) is 10.6 Å². The predicted octanol–water partition coefficient (Wildman–Crippen LogP) is 6.73. The summed E-state index contributed by atoms with van der Waals surface area (Å²) in [6, 6.07) is 17.0. The number of nitrogens with one attached hydrogen (secondary N) is 3. The highest BCUT2D eigenvalue weighted by atomic mass is 16.2. The number of aromatic nitrogens is 3. The number of hydrogen-bond acceptors (Lipinski definition) is 4. The lowest BCUT2D eigenvalue weighted by Crippen LogP contribution is -2.55. The first-order chi connectivity index (χ1) is 18.8. The van der Waals surface area contributed by atoms with Crippen molar-refractivity contribution in [3.05, 3.63) is 71.9 Å². The number of amides is 2. The van der Waals surface area contributed by atoms with E-state index < -0.39 is 0 Å². The highest BCUT2D eigenvalue weighted by molar-refractivity contribution is 6.05. The van der Waals surface area contributed by atoms with Crippen LogP contribution in [0.2, 0.25) is 0 Å². The Morgan fingerprint density at radius 3 is 2.44 bits per heavy atom. The van der Waals surface area contributed by atoms with Gasteiger partial charge in [0.1, 0.15) is 11.6 Å². The molecule has 7 heteroatoms. The van der Waals surface area contributed by atoms with Crippen LogP contribution in [0, 0.1) is 29.6 Å². The second-order valence-electron chi connectivity index (χ2n) is 12.6. The molecular formula is C32H33N5O2. The fourth-order valence-corrected chi connectivity index (χ4v) is 8.04. The topological polar surface area (TPSA) is 99.8 Å². The van der Waals surface area contributed by atoms with Gasteiger partial charge in [0.2, 0.25) is 5.91 Å². The zero-order chi connectivity index (χ0) is 26.8. The number of rotatable bonds is 5. The average Bonchev–Trinajstić information content (AvgIpc) is 3.31. The van der Waals surface area contributed by atoms with Gasteiger partial charge in [0.05, 0.1) is 16.4 Å². The zero-order valence-electron chi connectivity index (χ0n) is 22.4. The quantitative estimate of drug-likeness (QED) is 0.272. The molecule has 4 aliphatic rings. The van der Waals surface area contributed by atoms with Crippen molar-refractivity contribution in [2.45, 2.75) is 52.4 Å². The van der Waals surface area contributed by atoms with Crippen molar-refractivity contribution < 1.29 is 9.59 Å². The number of aryl methyl sites for hydroxylation is 1. The van der Waals surface area contributed by atoms with Crippen molar-refractivity contribution in [1.29, 1.82) is 0 Å². The second-order valence-corrected chi connectivity index (χ2v) is 12.6. The first kappa shape index (κ1) is 24.1. The van der Waals surface area contributed by atoms with E-state index in [0.717, 1.165) is 52.9 Å². The van der Waals surface area contributed by atoms with E-state index in [2.05, 4.69) is 27.5 Å². The van der Waals surface area contributed by atoms with Crippen molar-refractivity contribution in [1.82, 2.24) is 15.0 Å². The van der Waals surface area contributed by atoms with Crippen LogP contribution >= 0.6 is 0 Å². The van der Waals surface area contributed by atoms with E-state index in [1.807, 2.05) is 49.4 Å². The van der Waals surface area contributed by atoms with E-state index in [1.54, 1.807) is 18.3 Å². The Kier molecular flexibility index (Phi) is 5.41. The summed E-state index contributed by atoms with van der Waals surface area (Å²) >= 11 is 0. The molecule has 0 spiro atoms. The molecule has 4 bridgehead atoms. The first-order valence-corrected chi connectivity index (χ1v) is 13.9. The van der Waals surface area contributed by atoms with Gasteiger partial charge in [-0.05, 0) is 123 Å². The molecule has 2 aromatic heterocycles. The maximum atomic E-state index is 13.5. The van der Waals surface area contributed by atoms with Gasteiger partial charge in [0.25, 0.3) is 5.91 Å². The standard InChI is InChI=1S/C32H33N5O2/c1-19-9-10-33-27(11-19)37-29(38)23-5-8-25-26(13-23)36-28(35-25)22-3-6-24(7-4-22)34-30(39)32-16-20-12-21(17-32)15-31(2,14-20)18-32/h3-11,13,20-21H,12,14-18H2,1-2H3,(H,34,39)(H,35,36)(H,33,37,38)/t20-,21+,31?,32?. The molecule has 2 unspecified atom stereocenters. The van der Waals surface area contributed by atoms with Gasteiger partial charge in [-0.1, -0.05) is 6.92 Å². The summed E-state index contributed by atoms with van der Waals surface area (Å²) in [5.74, 6) is 2.64. The largest absolute Gasteiger partial charge is 0.338 e. The van der Waals surface area contributed by atoms with Crippen molar-refractivity contribution in [2.24, 2.45) is 22.7 Å². The van der Waals surface area contributed by atoms with Gasteiger partial charge in [-0.2, -0.15) is 0 Å². The minimum Gasteiger partial charge on any atom is -0.338 e. The summed E-state index contributed by atoms with van der Waals surface area (Å²) in [7, 11) is 0. The molecule has 7 nitrogen and oxygen atoms in total. The average molecular weight is 520 g/mol. The van der Waals surface area contributed by atoms with Crippen LogP contribution in [-0.4, -0.2) is 26.8 Å². The molecule has 4 aromatic rings. The maximum Gasteiger partial charge on any atom is 0.256 e. The summed E-state index contributed by atoms with van der Waals surface area (Å²) < 4.78 is 0. The monoisotopic (exact) mass is 519 g/mol. The van der Waals surface area contributed by atoms with Crippen LogP contribution in [-0.2, 0) is 4.79 Å². The Morgan fingerprint density at radius 2 is 1.72 bits per heavy atom. The molecule has 198 valence electrons. The third kappa shape index (κ3) is 4.40. The van der Waals surface area contributed by atoms with Crippen molar-refractivity contribution in [3.8, 4) is 11.4 Å². The van der Waals surface area contributed by atoms with E-state index in [-0.39, 0.29) is 17.2 Å². The molecule has 3 N–H and O–H groups in total. The number of pyridine rings is 1. The van der Waals surface area contributed by atoms with Crippen LogP contribution in [0.5, 0.6) is 0 Å². The summed E-state index contributed by atoms with van der Waals surface area (Å²) in [6.45, 7) is 4.35. The van der Waals surface area contributed by atoms with Crippen LogP contribution in [0.1, 0.15) is 61.4 Å². The van der Waals surface area contributed by atoms with E-state index >= 15 is 0 Å². The molecule has 4 fully saturated rings. The summed E-state index contributed by atoms with van der Waals surface area (Å²) in [5.41, 5.74) is 5.00. The van der Waals surface area contributed by atoms with Crippen LogP contribution < -0.4 is 10.6 Å². The normalized spacial score (nSPS) is 27.0. The molecule has 0 radical (unpaired) electrons. The number of carbonyl (C=O) groups is 2. The van der Waals surface area contributed by atoms with Crippen LogP contribution in [0.25, 0.3) is 22.4 Å². The van der Waals surface area contributed by atoms with Gasteiger partial charge in [0, 0.05) is 23.0 Å². The molecule has 2 amide bonds. The zero-order valence-corrected chi connectivity index (χ0v) is 22.4. The van der Waals surface area contributed by atoms with Crippen LogP contribution in [0.4, 0.5) is 11.5 Å². The number of H-pyrrole nitrogens is 1. The minimum atomic E-state index is -0.223. The molecule has 8 rings (SSSR count). The Morgan fingerprint density at radius 1 is 0.949 bits per heavy atom. The molecule has 2 aromatic carbocycles. The third-order valence-corrected chi connectivity index (χ3v) is 9.15. The molecule has 0 aliphatic heterocycles. The molecule has 39 heavy (non-hydrogen) atoms. The van der Waals surface area contributed by atoms with Crippen molar-refractivity contribution >= 4 is 34.4 Å². The molecule has 2 heterocycles. The summed E-state index contributed by atoms with van der Waals surface area (Å²) in [6.07, 6.45) is 8.69. The number of aromatic amines is 1. The first-order valence-electron chi connectivity index (χ1n) is 13.9. The highest BCUT2D eigenvalue weighted by Crippen LogP contribution is 2.65. The third-order valence-electron chi connectivity index (χ3n) is 9.15. The van der Waals surface area contributed by atoms with E-state index in [9.17, 15) is 9.59 Å². The lowest BCUT2D eigenvalue weighted by molar-refractivity contribution is -0.149. The lowest BCUT2D eigenvalue weighted by atomic mass is 9.44. The Balaban J connectivity index is 1.06. The van der Waals surface area contributed by atoms with Gasteiger partial charge in [-0.25, -0.2) is 9.97 Å². The number of carbonyl (C=O) groups excluding carboxylic acids is 2. The number of benzene rings is 2. The molecule has 4 saturated carbocycles. The lowest BCUT2D eigenvalue weighted by Gasteiger charge is -2.60. The predicted molar refractivity (Wildman–Crippen MR) is 152 cm³/mol. The van der Waals surface area contributed by atoms with E-state index in [1.165, 1.54) is 19.3 Å². The maximum absolute atomic E-state index is 13.5. The SMILES string of the molecule is Cc1ccnc(NC(=O)c2ccc3nc(-c4ccc(NC(=O)C56C[C@@H]7C[C@@H](CC(C)(C7)C5)C6)cc4)[nH]c3c2)c1. The Bertz CT molecular complexity index is 1590. The highest BCUT2D eigenvalue weighted by Gasteiger charge is 2.58. The van der Waals surface area contributed by atoms with Crippen LogP contribution in [0.3, 0.4) is 0 Å². The van der Waals surface area contributed by atoms with Crippen molar-refractivity contribution in [3.63, 3.8) is 0 Å². The number of imidazole rings is 1. The van der Waals surface area contributed by atoms with Gasteiger partial charge in [-0.15, -0.1) is 0 Å². The smallest absolute Gasteiger partial charge is 0.256 e. The van der Waals surface area contributed by atoms with Crippen LogP contribution in [0.15, 0.2) is 60.8 Å². The van der Waals surface area contributed by atoms with E-state index in [4.69, 9.17) is 4.98 Å². The number of hydrogen-bond donors (Lipinski definition) is 3. The number of fused-ring (bicyclic) bond motifs is 1. The van der Waals surface area contributed by atoms with E-state index in [0.29, 0.717) is 28.6 Å². The second kappa shape index (κ2) is 8.76. The summed E-state index contributed by atoms with van der Waals surface area (Å²) in [5, 5.41) is 6.09. The Labute approximate surface area is 227 Å². The fraction of sp³-hybridized carbons (Fsp3) is 0.375. The number of nitrogens with zero attached hydrogens (tertiary/aromatic N) is 2. The fourth-order valence-electron chi connectivity index (χ4n) is 8.04. The minimum absolute atomic E-state index is 0.199. The Hall–Kier alpha value is -4.00. The molecule has 4 atom stereocenters. The molecule has 4 aliphatic carbocycles. The van der Waals surface area contributed by atoms with Gasteiger partial charge < -0.3 is 15.6 Å². The summed E-state index contributed by atoms with van der Waals surface area (Å²) in [4.78, 5) is 38.6. The molecule has 0 saturated heterocycles. The molecular weight excluding hydrogens is 486 g/mol. The van der Waals surface area contributed by atoms with Gasteiger partial charge in [-0.3, -0.25) is 9.59 Å².